The monoisotopic (exact) mass is 343 g/mol. The number of rotatable bonds is 6. The molecule has 8 heteroatoms. The highest BCUT2D eigenvalue weighted by atomic mass is 16.5. The lowest BCUT2D eigenvalue weighted by Gasteiger charge is -2.34. The van der Waals surface area contributed by atoms with Crippen molar-refractivity contribution in [3.8, 4) is 5.75 Å². The summed E-state index contributed by atoms with van der Waals surface area (Å²) in [5, 5.41) is 4.00. The lowest BCUT2D eigenvalue weighted by atomic mass is 10.2. The van der Waals surface area contributed by atoms with Gasteiger partial charge in [-0.2, -0.15) is 5.10 Å². The number of methoxy groups -OCH3 is 1. The Bertz CT molecular complexity index is 732. The maximum atomic E-state index is 12.4. The standard InChI is InChI=1S/C17H21N5O3/c1-25-15-5-2-4-14(10-15)22-9-8-20(11-17(22)24)16(23)6-3-7-21-13-18-12-19-21/h2,4-5,10,12-13H,3,6-9,11H2,1H3. The zero-order valence-electron chi connectivity index (χ0n) is 14.2. The number of piperazine rings is 1. The van der Waals surface area contributed by atoms with Crippen LogP contribution in [0.15, 0.2) is 36.9 Å². The molecule has 0 N–H and O–H groups in total. The molecule has 8 nitrogen and oxygen atoms in total. The second-order valence-electron chi connectivity index (χ2n) is 5.82. The Morgan fingerprint density at radius 1 is 1.32 bits per heavy atom. The number of carbonyl (C=O) groups excluding carboxylic acids is 2. The first-order valence-corrected chi connectivity index (χ1v) is 8.22. The maximum Gasteiger partial charge on any atom is 0.246 e. The largest absolute Gasteiger partial charge is 0.497 e. The van der Waals surface area contributed by atoms with Gasteiger partial charge in [0, 0.05) is 37.8 Å². The molecule has 1 aliphatic heterocycles. The molecule has 25 heavy (non-hydrogen) atoms. The predicted molar refractivity (Wildman–Crippen MR) is 91.2 cm³/mol. The lowest BCUT2D eigenvalue weighted by Crippen LogP contribution is -2.52. The molecule has 132 valence electrons. The Labute approximate surface area is 146 Å². The summed E-state index contributed by atoms with van der Waals surface area (Å²) in [6.45, 7) is 1.77. The summed E-state index contributed by atoms with van der Waals surface area (Å²) >= 11 is 0. The number of ether oxygens (including phenoxy) is 1. The number of hydrogen-bond acceptors (Lipinski definition) is 5. The summed E-state index contributed by atoms with van der Waals surface area (Å²) in [4.78, 5) is 31.9. The smallest absolute Gasteiger partial charge is 0.246 e. The quantitative estimate of drug-likeness (QED) is 0.780. The van der Waals surface area contributed by atoms with Crippen molar-refractivity contribution in [1.82, 2.24) is 19.7 Å². The van der Waals surface area contributed by atoms with Crippen LogP contribution in [0.1, 0.15) is 12.8 Å². The van der Waals surface area contributed by atoms with Crippen molar-refractivity contribution in [2.75, 3.05) is 31.6 Å². The van der Waals surface area contributed by atoms with E-state index in [0.717, 1.165) is 5.69 Å². The topological polar surface area (TPSA) is 80.6 Å². The van der Waals surface area contributed by atoms with Gasteiger partial charge in [0.25, 0.3) is 0 Å². The summed E-state index contributed by atoms with van der Waals surface area (Å²) < 4.78 is 6.89. The van der Waals surface area contributed by atoms with E-state index in [4.69, 9.17) is 4.74 Å². The molecule has 1 saturated heterocycles. The third-order valence-corrected chi connectivity index (χ3v) is 4.18. The van der Waals surface area contributed by atoms with E-state index in [1.54, 1.807) is 27.9 Å². The van der Waals surface area contributed by atoms with Crippen LogP contribution >= 0.6 is 0 Å². The van der Waals surface area contributed by atoms with Crippen molar-refractivity contribution in [3.05, 3.63) is 36.9 Å². The van der Waals surface area contributed by atoms with Gasteiger partial charge in [-0.15, -0.1) is 0 Å². The number of aryl methyl sites for hydroxylation is 1. The van der Waals surface area contributed by atoms with Gasteiger partial charge in [0.05, 0.1) is 7.11 Å². The molecule has 2 heterocycles. The van der Waals surface area contributed by atoms with E-state index in [0.29, 0.717) is 38.2 Å². The molecule has 0 saturated carbocycles. The van der Waals surface area contributed by atoms with Crippen molar-refractivity contribution < 1.29 is 14.3 Å². The van der Waals surface area contributed by atoms with Crippen molar-refractivity contribution in [2.45, 2.75) is 19.4 Å². The van der Waals surface area contributed by atoms with E-state index >= 15 is 0 Å². The third kappa shape index (κ3) is 4.14. The Kier molecular flexibility index (Phi) is 5.27. The first-order valence-electron chi connectivity index (χ1n) is 8.22. The van der Waals surface area contributed by atoms with Gasteiger partial charge < -0.3 is 14.5 Å². The minimum atomic E-state index is -0.0795. The summed E-state index contributed by atoms with van der Waals surface area (Å²) in [7, 11) is 1.59. The molecular formula is C17H21N5O3. The normalized spacial score (nSPS) is 14.7. The molecule has 1 aliphatic rings. The molecule has 0 aliphatic carbocycles. The maximum absolute atomic E-state index is 12.4. The SMILES string of the molecule is COc1cccc(N2CCN(C(=O)CCCn3cncn3)CC2=O)c1. The average Bonchev–Trinajstić information content (AvgIpc) is 3.15. The molecule has 0 unspecified atom stereocenters. The molecule has 1 aromatic heterocycles. The number of anilines is 1. The lowest BCUT2D eigenvalue weighted by molar-refractivity contribution is -0.137. The highest BCUT2D eigenvalue weighted by Crippen LogP contribution is 2.22. The van der Waals surface area contributed by atoms with Gasteiger partial charge in [-0.05, 0) is 18.6 Å². The molecular weight excluding hydrogens is 322 g/mol. The number of benzene rings is 1. The zero-order chi connectivity index (χ0) is 17.6. The van der Waals surface area contributed by atoms with Gasteiger partial charge in [0.2, 0.25) is 11.8 Å². The molecule has 1 fully saturated rings. The first-order chi connectivity index (χ1) is 12.2. The minimum absolute atomic E-state index is 0.00115. The van der Waals surface area contributed by atoms with Crippen LogP contribution in [0.3, 0.4) is 0 Å². The molecule has 0 bridgehead atoms. The van der Waals surface area contributed by atoms with E-state index in [1.165, 1.54) is 6.33 Å². The van der Waals surface area contributed by atoms with E-state index in [9.17, 15) is 9.59 Å². The predicted octanol–water partition coefficient (Wildman–Crippen LogP) is 0.942. The summed E-state index contributed by atoms with van der Waals surface area (Å²) in [6, 6.07) is 7.38. The minimum Gasteiger partial charge on any atom is -0.497 e. The van der Waals surface area contributed by atoms with Crippen LogP contribution in [0.25, 0.3) is 0 Å². The van der Waals surface area contributed by atoms with Crippen LogP contribution in [0, 0.1) is 0 Å². The number of amides is 2. The van der Waals surface area contributed by atoms with Gasteiger partial charge in [-0.3, -0.25) is 14.3 Å². The number of nitrogens with zero attached hydrogens (tertiary/aromatic N) is 5. The van der Waals surface area contributed by atoms with Crippen molar-refractivity contribution >= 4 is 17.5 Å². The van der Waals surface area contributed by atoms with Crippen LogP contribution in [0.5, 0.6) is 5.75 Å². The molecule has 1 aromatic carbocycles. The molecule has 0 radical (unpaired) electrons. The summed E-state index contributed by atoms with van der Waals surface area (Å²) in [6.07, 6.45) is 4.16. The average molecular weight is 343 g/mol. The Hall–Kier alpha value is -2.90. The van der Waals surface area contributed by atoms with Gasteiger partial charge in [-0.25, -0.2) is 4.98 Å². The van der Waals surface area contributed by atoms with E-state index in [1.807, 2.05) is 24.3 Å². The Balaban J connectivity index is 1.52. The van der Waals surface area contributed by atoms with Crippen LogP contribution in [0.4, 0.5) is 5.69 Å². The molecule has 2 aromatic rings. The Morgan fingerprint density at radius 2 is 2.20 bits per heavy atom. The fourth-order valence-corrected chi connectivity index (χ4v) is 2.84. The van der Waals surface area contributed by atoms with Crippen LogP contribution in [-0.2, 0) is 16.1 Å². The molecule has 2 amide bonds. The van der Waals surface area contributed by atoms with Gasteiger partial charge >= 0.3 is 0 Å². The van der Waals surface area contributed by atoms with Crippen LogP contribution in [0.2, 0.25) is 0 Å². The van der Waals surface area contributed by atoms with E-state index in [2.05, 4.69) is 10.1 Å². The number of carbonyl (C=O) groups is 2. The van der Waals surface area contributed by atoms with Crippen molar-refractivity contribution in [2.24, 2.45) is 0 Å². The molecule has 0 spiro atoms. The van der Waals surface area contributed by atoms with Crippen LogP contribution in [-0.4, -0.2) is 58.2 Å². The first kappa shape index (κ1) is 16.9. The van der Waals surface area contributed by atoms with Crippen molar-refractivity contribution in [3.63, 3.8) is 0 Å². The molecule has 3 rings (SSSR count). The summed E-state index contributed by atoms with van der Waals surface area (Å²) in [5.41, 5.74) is 0.794. The number of hydrogen-bond donors (Lipinski definition) is 0. The highest BCUT2D eigenvalue weighted by molar-refractivity contribution is 5.98. The van der Waals surface area contributed by atoms with Crippen molar-refractivity contribution in [1.29, 1.82) is 0 Å². The highest BCUT2D eigenvalue weighted by Gasteiger charge is 2.27. The molecule has 0 atom stereocenters. The second-order valence-corrected chi connectivity index (χ2v) is 5.82. The van der Waals surface area contributed by atoms with Gasteiger partial charge in [0.1, 0.15) is 24.9 Å². The van der Waals surface area contributed by atoms with E-state index < -0.39 is 0 Å². The fraction of sp³-hybridized carbons (Fsp3) is 0.412. The number of aromatic nitrogens is 3. The third-order valence-electron chi connectivity index (χ3n) is 4.18. The Morgan fingerprint density at radius 3 is 2.92 bits per heavy atom. The van der Waals surface area contributed by atoms with Crippen LogP contribution < -0.4 is 9.64 Å². The zero-order valence-corrected chi connectivity index (χ0v) is 14.2. The summed E-state index contributed by atoms with van der Waals surface area (Å²) in [5.74, 6) is 0.625. The van der Waals surface area contributed by atoms with E-state index in [-0.39, 0.29) is 18.4 Å². The van der Waals surface area contributed by atoms with Gasteiger partial charge in [-0.1, -0.05) is 6.07 Å². The fourth-order valence-electron chi connectivity index (χ4n) is 2.84. The van der Waals surface area contributed by atoms with Gasteiger partial charge in [0.15, 0.2) is 0 Å². The second kappa shape index (κ2) is 7.78.